The topological polar surface area (TPSA) is 88.1 Å². The van der Waals surface area contributed by atoms with Gasteiger partial charge in [0.2, 0.25) is 5.89 Å². The molecule has 0 unspecified atom stereocenters. The first-order valence-corrected chi connectivity index (χ1v) is 10.3. The van der Waals surface area contributed by atoms with Gasteiger partial charge in [-0.15, -0.1) is 5.10 Å². The predicted molar refractivity (Wildman–Crippen MR) is 107 cm³/mol. The summed E-state index contributed by atoms with van der Waals surface area (Å²) in [5.41, 5.74) is 5.48. The average molecular weight is 389 g/mol. The number of nitrogens with zero attached hydrogens (tertiary/aromatic N) is 6. The summed E-state index contributed by atoms with van der Waals surface area (Å²) in [6, 6.07) is 6.81. The number of imidazole rings is 1. The fourth-order valence-corrected chi connectivity index (χ4v) is 4.30. The summed E-state index contributed by atoms with van der Waals surface area (Å²) >= 11 is 0. The quantitative estimate of drug-likeness (QED) is 0.574. The number of pyridine rings is 1. The summed E-state index contributed by atoms with van der Waals surface area (Å²) < 4.78 is 8.02. The molecule has 0 amide bonds. The zero-order chi connectivity index (χ0) is 19.5. The van der Waals surface area contributed by atoms with Crippen molar-refractivity contribution in [3.8, 4) is 0 Å². The minimum absolute atomic E-state index is 0.155. The molecule has 8 heteroatoms. The second kappa shape index (κ2) is 6.17. The molecule has 1 fully saturated rings. The first-order chi connectivity index (χ1) is 14.2. The fourth-order valence-electron chi connectivity index (χ4n) is 4.30. The van der Waals surface area contributed by atoms with Crippen molar-refractivity contribution >= 4 is 11.5 Å². The maximum absolute atomic E-state index is 6.06. The molecule has 1 aliphatic carbocycles. The maximum Gasteiger partial charge on any atom is 0.319 e. The van der Waals surface area contributed by atoms with Gasteiger partial charge >= 0.3 is 6.01 Å². The summed E-state index contributed by atoms with van der Waals surface area (Å²) in [6.07, 6.45) is 6.90. The third-order valence-corrected chi connectivity index (χ3v) is 5.98. The van der Waals surface area contributed by atoms with E-state index < -0.39 is 0 Å². The van der Waals surface area contributed by atoms with Crippen molar-refractivity contribution in [2.24, 2.45) is 0 Å². The van der Waals surface area contributed by atoms with Crippen molar-refractivity contribution in [2.75, 3.05) is 11.4 Å². The van der Waals surface area contributed by atoms with Crippen molar-refractivity contribution in [3.05, 3.63) is 59.3 Å². The normalized spacial score (nSPS) is 19.3. The summed E-state index contributed by atoms with van der Waals surface area (Å²) in [4.78, 5) is 10.1. The number of aromatic amines is 1. The number of nitrogens with one attached hydrogen (secondary N) is 1. The van der Waals surface area contributed by atoms with Gasteiger partial charge in [-0.1, -0.05) is 25.0 Å². The lowest BCUT2D eigenvalue weighted by molar-refractivity contribution is 0.463. The van der Waals surface area contributed by atoms with Gasteiger partial charge in [-0.05, 0) is 36.5 Å². The van der Waals surface area contributed by atoms with Crippen molar-refractivity contribution < 1.29 is 4.42 Å². The van der Waals surface area contributed by atoms with Crippen LogP contribution < -0.4 is 4.90 Å². The molecule has 0 saturated heterocycles. The van der Waals surface area contributed by atoms with Crippen LogP contribution in [0.15, 0.2) is 35.1 Å². The molecular formula is C21H23N7O. The van der Waals surface area contributed by atoms with Crippen LogP contribution in [-0.2, 0) is 6.42 Å². The van der Waals surface area contributed by atoms with E-state index in [0.29, 0.717) is 17.9 Å². The number of rotatable bonds is 4. The molecule has 29 heavy (non-hydrogen) atoms. The number of fused-ring (bicyclic) bond motifs is 2. The van der Waals surface area contributed by atoms with E-state index in [2.05, 4.69) is 57.1 Å². The average Bonchev–Trinajstić information content (AvgIpc) is 3.13. The van der Waals surface area contributed by atoms with E-state index in [-0.39, 0.29) is 6.04 Å². The van der Waals surface area contributed by atoms with Crippen LogP contribution in [0.4, 0.5) is 6.01 Å². The Morgan fingerprint density at radius 3 is 2.97 bits per heavy atom. The second-order valence-corrected chi connectivity index (χ2v) is 8.33. The minimum atomic E-state index is -0.155. The summed E-state index contributed by atoms with van der Waals surface area (Å²) in [5.74, 6) is 1.61. The van der Waals surface area contributed by atoms with Gasteiger partial charge in [0.15, 0.2) is 0 Å². The first kappa shape index (κ1) is 16.8. The molecule has 148 valence electrons. The Morgan fingerprint density at radius 1 is 1.24 bits per heavy atom. The van der Waals surface area contributed by atoms with Crippen LogP contribution in [0, 0.1) is 0 Å². The lowest BCUT2D eigenvalue weighted by atomic mass is 9.99. The Morgan fingerprint density at radius 2 is 2.14 bits per heavy atom. The fraction of sp³-hybridized carbons (Fsp3) is 0.429. The highest BCUT2D eigenvalue weighted by atomic mass is 16.4. The zero-order valence-corrected chi connectivity index (χ0v) is 16.5. The van der Waals surface area contributed by atoms with Crippen molar-refractivity contribution in [2.45, 2.75) is 51.0 Å². The van der Waals surface area contributed by atoms with Crippen molar-refractivity contribution in [1.29, 1.82) is 0 Å². The number of hydrogen-bond acceptors (Lipinski definition) is 6. The molecule has 1 aliphatic heterocycles. The number of hydrogen-bond donors (Lipinski definition) is 1. The van der Waals surface area contributed by atoms with Crippen molar-refractivity contribution in [1.82, 2.24) is 29.8 Å². The second-order valence-electron chi connectivity index (χ2n) is 8.33. The van der Waals surface area contributed by atoms with E-state index in [1.54, 1.807) is 6.33 Å². The molecular weight excluding hydrogens is 366 g/mol. The summed E-state index contributed by atoms with van der Waals surface area (Å²) in [6.45, 7) is 5.19. The highest BCUT2D eigenvalue weighted by Crippen LogP contribution is 2.42. The Labute approximate surface area is 168 Å². The third-order valence-electron chi connectivity index (χ3n) is 5.98. The lowest BCUT2D eigenvalue weighted by Gasteiger charge is -2.32. The Kier molecular flexibility index (Phi) is 3.57. The van der Waals surface area contributed by atoms with E-state index in [1.165, 1.54) is 5.56 Å². The van der Waals surface area contributed by atoms with Crippen LogP contribution in [-0.4, -0.2) is 36.3 Å². The van der Waals surface area contributed by atoms with Gasteiger partial charge in [-0.3, -0.25) is 0 Å². The molecule has 1 N–H and O–H groups in total. The largest absolute Gasteiger partial charge is 0.408 e. The standard InChI is InChI=1S/C21H23N7O/c1-12(2)14-4-3-8-28-17(14)10-16(26-28)19-18-15(22-11-23-18)7-9-27(19)21-25-24-20(29-21)13-5-6-13/h3-4,8,10-13,19H,5-7,9H2,1-2H3,(H,22,23)/t19-/m1/s1. The van der Waals surface area contributed by atoms with Crippen LogP contribution in [0.2, 0.25) is 0 Å². The van der Waals surface area contributed by atoms with E-state index in [0.717, 1.165) is 54.3 Å². The molecule has 1 atom stereocenters. The molecule has 4 aromatic rings. The highest BCUT2D eigenvalue weighted by molar-refractivity contribution is 5.58. The van der Waals surface area contributed by atoms with E-state index in [1.807, 2.05) is 10.7 Å². The van der Waals surface area contributed by atoms with E-state index in [4.69, 9.17) is 9.52 Å². The van der Waals surface area contributed by atoms with Gasteiger partial charge in [-0.25, -0.2) is 9.50 Å². The minimum Gasteiger partial charge on any atom is -0.408 e. The smallest absolute Gasteiger partial charge is 0.319 e. The van der Waals surface area contributed by atoms with E-state index >= 15 is 0 Å². The first-order valence-electron chi connectivity index (χ1n) is 10.3. The molecule has 0 aromatic carbocycles. The van der Waals surface area contributed by atoms with Gasteiger partial charge < -0.3 is 14.3 Å². The molecule has 8 nitrogen and oxygen atoms in total. The third kappa shape index (κ3) is 2.66. The molecule has 0 spiro atoms. The van der Waals surface area contributed by atoms with Crippen LogP contribution in [0.5, 0.6) is 0 Å². The number of anilines is 1. The van der Waals surface area contributed by atoms with Gasteiger partial charge in [-0.2, -0.15) is 5.10 Å². The number of aromatic nitrogens is 6. The number of H-pyrrole nitrogens is 1. The molecule has 2 aliphatic rings. The molecule has 1 saturated carbocycles. The van der Waals surface area contributed by atoms with Gasteiger partial charge in [0, 0.05) is 30.8 Å². The van der Waals surface area contributed by atoms with E-state index in [9.17, 15) is 0 Å². The molecule has 5 heterocycles. The van der Waals surface area contributed by atoms with Crippen LogP contribution >= 0.6 is 0 Å². The van der Waals surface area contributed by atoms with Gasteiger partial charge in [0.05, 0.1) is 23.2 Å². The molecule has 0 radical (unpaired) electrons. The predicted octanol–water partition coefficient (Wildman–Crippen LogP) is 3.59. The van der Waals surface area contributed by atoms with Gasteiger partial charge in [0.1, 0.15) is 6.04 Å². The Balaban J connectivity index is 1.48. The monoisotopic (exact) mass is 389 g/mol. The van der Waals surface area contributed by atoms with Crippen molar-refractivity contribution in [3.63, 3.8) is 0 Å². The summed E-state index contributed by atoms with van der Waals surface area (Å²) in [5, 5.41) is 13.6. The zero-order valence-electron chi connectivity index (χ0n) is 16.5. The van der Waals surface area contributed by atoms with Crippen LogP contribution in [0.1, 0.15) is 73.1 Å². The lowest BCUT2D eigenvalue weighted by Crippen LogP contribution is -2.36. The van der Waals surface area contributed by atoms with Crippen LogP contribution in [0.25, 0.3) is 5.52 Å². The summed E-state index contributed by atoms with van der Waals surface area (Å²) in [7, 11) is 0. The highest BCUT2D eigenvalue weighted by Gasteiger charge is 2.37. The molecule has 0 bridgehead atoms. The maximum atomic E-state index is 6.06. The molecule has 6 rings (SSSR count). The molecule has 4 aromatic heterocycles. The van der Waals surface area contributed by atoms with Gasteiger partial charge in [0.25, 0.3) is 0 Å². The Hall–Kier alpha value is -3.16. The van der Waals surface area contributed by atoms with Crippen LogP contribution in [0.3, 0.4) is 0 Å². The SMILES string of the molecule is CC(C)c1cccn2nc([C@@H]3c4nc[nH]c4CCN3c3nnc(C4CC4)o3)cc12. The Bertz CT molecular complexity index is 1180.